The fourth-order valence-electron chi connectivity index (χ4n) is 4.06. The van der Waals surface area contributed by atoms with Crippen molar-refractivity contribution in [2.75, 3.05) is 36.4 Å². The molecule has 1 saturated heterocycles. The summed E-state index contributed by atoms with van der Waals surface area (Å²) in [5, 5.41) is 2.95. The summed E-state index contributed by atoms with van der Waals surface area (Å²) in [6.07, 6.45) is 5.10. The van der Waals surface area contributed by atoms with E-state index in [-0.39, 0.29) is 10.8 Å². The average Bonchev–Trinajstić information content (AvgIpc) is 3.54. The van der Waals surface area contributed by atoms with Gasteiger partial charge in [0.25, 0.3) is 5.91 Å². The number of anilines is 2. The minimum atomic E-state index is -3.65. The van der Waals surface area contributed by atoms with E-state index in [0.29, 0.717) is 30.1 Å². The van der Waals surface area contributed by atoms with Crippen LogP contribution in [0.25, 0.3) is 11.3 Å². The molecule has 1 aromatic heterocycles. The molecule has 1 aliphatic rings. The molecule has 33 heavy (non-hydrogen) atoms. The zero-order valence-electron chi connectivity index (χ0n) is 18.8. The number of amides is 1. The van der Waals surface area contributed by atoms with Gasteiger partial charge in [0.2, 0.25) is 10.0 Å². The molecule has 9 heteroatoms. The van der Waals surface area contributed by atoms with Crippen molar-refractivity contribution in [3.8, 4) is 11.3 Å². The van der Waals surface area contributed by atoms with E-state index in [9.17, 15) is 13.2 Å². The van der Waals surface area contributed by atoms with Crippen molar-refractivity contribution in [1.29, 1.82) is 0 Å². The highest BCUT2D eigenvalue weighted by Gasteiger charge is 2.25. The number of nitrogens with zero attached hydrogens (tertiary/aromatic N) is 3. The van der Waals surface area contributed by atoms with Gasteiger partial charge in [0.05, 0.1) is 22.5 Å². The van der Waals surface area contributed by atoms with Crippen molar-refractivity contribution < 1.29 is 17.6 Å². The monoisotopic (exact) mass is 468 g/mol. The van der Waals surface area contributed by atoms with Gasteiger partial charge >= 0.3 is 0 Å². The Hall–Kier alpha value is -3.17. The summed E-state index contributed by atoms with van der Waals surface area (Å²) in [5.74, 6) is 0.310. The molecule has 174 valence electrons. The van der Waals surface area contributed by atoms with Crippen molar-refractivity contribution >= 4 is 27.3 Å². The van der Waals surface area contributed by atoms with Crippen LogP contribution in [-0.4, -0.2) is 49.8 Å². The molecule has 1 amide bonds. The van der Waals surface area contributed by atoms with E-state index in [1.807, 2.05) is 13.8 Å². The Morgan fingerprint density at radius 2 is 1.79 bits per heavy atom. The van der Waals surface area contributed by atoms with E-state index in [1.165, 1.54) is 10.7 Å². The molecule has 1 fully saturated rings. The van der Waals surface area contributed by atoms with Crippen LogP contribution in [0.15, 0.2) is 64.4 Å². The number of nitrogens with one attached hydrogen (secondary N) is 1. The van der Waals surface area contributed by atoms with Crippen LogP contribution < -0.4 is 10.2 Å². The molecule has 0 bridgehead atoms. The topological polar surface area (TPSA) is 95.8 Å². The summed E-state index contributed by atoms with van der Waals surface area (Å²) in [6, 6.07) is 12.0. The number of sulfonamides is 1. The number of hydrogen-bond acceptors (Lipinski definition) is 6. The first-order chi connectivity index (χ1) is 15.9. The molecule has 0 atom stereocenters. The molecule has 0 spiro atoms. The van der Waals surface area contributed by atoms with Crippen LogP contribution in [0.2, 0.25) is 0 Å². The summed E-state index contributed by atoms with van der Waals surface area (Å²) in [7, 11) is -3.65. The van der Waals surface area contributed by atoms with Crippen LogP contribution in [-0.2, 0) is 10.0 Å². The van der Waals surface area contributed by atoms with Crippen molar-refractivity contribution in [3.63, 3.8) is 0 Å². The number of carbonyl (C=O) groups is 1. The molecule has 8 nitrogen and oxygen atoms in total. The van der Waals surface area contributed by atoms with Gasteiger partial charge in [0, 0.05) is 37.3 Å². The number of rotatable bonds is 8. The van der Waals surface area contributed by atoms with Gasteiger partial charge in [0.15, 0.2) is 12.2 Å². The molecule has 2 heterocycles. The third-order valence-electron chi connectivity index (χ3n) is 5.87. The normalized spacial score (nSPS) is 14.1. The van der Waals surface area contributed by atoms with E-state index in [2.05, 4.69) is 15.2 Å². The Morgan fingerprint density at radius 3 is 2.39 bits per heavy atom. The molecule has 1 aliphatic heterocycles. The van der Waals surface area contributed by atoms with Crippen LogP contribution in [0.5, 0.6) is 0 Å². The SMILES string of the molecule is CCN(CC)S(=O)(=O)c1ccc(N2CCCC2)c(NC(=O)c2ccc(-c3cnco3)cc2)c1. The minimum Gasteiger partial charge on any atom is -0.444 e. The van der Waals surface area contributed by atoms with Gasteiger partial charge in [-0.25, -0.2) is 13.4 Å². The lowest BCUT2D eigenvalue weighted by atomic mass is 10.1. The van der Waals surface area contributed by atoms with Crippen LogP contribution in [0.3, 0.4) is 0 Å². The lowest BCUT2D eigenvalue weighted by molar-refractivity contribution is 0.102. The first kappa shape index (κ1) is 23.0. The molecule has 0 saturated carbocycles. The zero-order chi connectivity index (χ0) is 23.4. The second-order valence-electron chi connectivity index (χ2n) is 7.86. The van der Waals surface area contributed by atoms with Gasteiger partial charge in [-0.1, -0.05) is 26.0 Å². The minimum absolute atomic E-state index is 0.171. The molecular weight excluding hydrogens is 440 g/mol. The Morgan fingerprint density at radius 1 is 1.09 bits per heavy atom. The first-order valence-electron chi connectivity index (χ1n) is 11.1. The summed E-state index contributed by atoms with van der Waals surface area (Å²) in [4.78, 5) is 19.3. The van der Waals surface area contributed by atoms with Gasteiger partial charge in [-0.2, -0.15) is 4.31 Å². The predicted octanol–water partition coefficient (Wildman–Crippen LogP) is 4.22. The quantitative estimate of drug-likeness (QED) is 0.532. The molecule has 0 unspecified atom stereocenters. The van der Waals surface area contributed by atoms with Gasteiger partial charge in [-0.05, 0) is 43.2 Å². The molecule has 2 aromatic carbocycles. The average molecular weight is 469 g/mol. The van der Waals surface area contributed by atoms with Crippen LogP contribution in [0.1, 0.15) is 37.0 Å². The number of benzene rings is 2. The van der Waals surface area contributed by atoms with E-state index in [4.69, 9.17) is 4.42 Å². The van der Waals surface area contributed by atoms with Crippen molar-refractivity contribution in [2.24, 2.45) is 0 Å². The van der Waals surface area contributed by atoms with Gasteiger partial charge < -0.3 is 14.6 Å². The van der Waals surface area contributed by atoms with Crippen LogP contribution in [0, 0.1) is 0 Å². The molecule has 4 rings (SSSR count). The van der Waals surface area contributed by atoms with Gasteiger partial charge in [-0.3, -0.25) is 4.79 Å². The third-order valence-corrected chi connectivity index (χ3v) is 7.92. The Balaban J connectivity index is 1.65. The lowest BCUT2D eigenvalue weighted by Gasteiger charge is -2.24. The first-order valence-corrected chi connectivity index (χ1v) is 12.6. The molecule has 1 N–H and O–H groups in total. The highest BCUT2D eigenvalue weighted by molar-refractivity contribution is 7.89. The van der Waals surface area contributed by atoms with E-state index in [0.717, 1.165) is 37.2 Å². The maximum atomic E-state index is 13.1. The smallest absolute Gasteiger partial charge is 0.255 e. The molecule has 3 aromatic rings. The standard InChI is InChI=1S/C24H28N4O4S/c1-3-28(4-2)33(30,31)20-11-12-22(27-13-5-6-14-27)21(15-20)26-24(29)19-9-7-18(8-10-19)23-16-25-17-32-23/h7-12,15-17H,3-6,13-14H2,1-2H3,(H,26,29). The lowest BCUT2D eigenvalue weighted by Crippen LogP contribution is -2.31. The van der Waals surface area contributed by atoms with Crippen molar-refractivity contribution in [2.45, 2.75) is 31.6 Å². The number of aromatic nitrogens is 1. The van der Waals surface area contributed by atoms with E-state index < -0.39 is 10.0 Å². The fraction of sp³-hybridized carbons (Fsp3) is 0.333. The summed E-state index contributed by atoms with van der Waals surface area (Å²) >= 11 is 0. The second kappa shape index (κ2) is 9.76. The summed E-state index contributed by atoms with van der Waals surface area (Å²) in [5.41, 5.74) is 2.60. The number of oxazole rings is 1. The highest BCUT2D eigenvalue weighted by atomic mass is 32.2. The van der Waals surface area contributed by atoms with Crippen LogP contribution >= 0.6 is 0 Å². The fourth-order valence-corrected chi connectivity index (χ4v) is 5.55. The maximum absolute atomic E-state index is 13.1. The predicted molar refractivity (Wildman–Crippen MR) is 128 cm³/mol. The summed E-state index contributed by atoms with van der Waals surface area (Å²) < 4.78 is 32.8. The largest absolute Gasteiger partial charge is 0.444 e. The van der Waals surface area contributed by atoms with Gasteiger partial charge in [-0.15, -0.1) is 0 Å². The van der Waals surface area contributed by atoms with Crippen LogP contribution in [0.4, 0.5) is 11.4 Å². The number of carbonyl (C=O) groups excluding carboxylic acids is 1. The zero-order valence-corrected chi connectivity index (χ0v) is 19.6. The maximum Gasteiger partial charge on any atom is 0.255 e. The Labute approximate surface area is 194 Å². The summed E-state index contributed by atoms with van der Waals surface area (Å²) in [6.45, 7) is 6.13. The highest BCUT2D eigenvalue weighted by Crippen LogP contribution is 2.33. The molecular formula is C24H28N4O4S. The van der Waals surface area contributed by atoms with Crippen molar-refractivity contribution in [1.82, 2.24) is 9.29 Å². The van der Waals surface area contributed by atoms with Gasteiger partial charge in [0.1, 0.15) is 0 Å². The van der Waals surface area contributed by atoms with E-state index >= 15 is 0 Å². The molecule has 0 aliphatic carbocycles. The van der Waals surface area contributed by atoms with Crippen molar-refractivity contribution in [3.05, 3.63) is 60.6 Å². The van der Waals surface area contributed by atoms with E-state index in [1.54, 1.807) is 48.7 Å². The second-order valence-corrected chi connectivity index (χ2v) is 9.80. The third kappa shape index (κ3) is 4.79. The Kier molecular flexibility index (Phi) is 6.80. The Bertz CT molecular complexity index is 1200. The number of hydrogen-bond donors (Lipinski definition) is 1. The molecule has 0 radical (unpaired) electrons.